The minimum absolute atomic E-state index is 1.24. The molecule has 0 atom stereocenters. The molecule has 44 valence electrons. The van der Waals surface area contributed by atoms with E-state index in [-0.39, 0.29) is 0 Å². The minimum atomic E-state index is 1.24. The molecular weight excluding hydrogens is 130 g/mol. The molecule has 0 unspecified atom stereocenters. The van der Waals surface area contributed by atoms with Crippen LogP contribution in [0.3, 0.4) is 0 Å². The van der Waals surface area contributed by atoms with Crippen LogP contribution in [0.2, 0.25) is 0 Å². The molecule has 2 aromatic heterocycles. The van der Waals surface area contributed by atoms with Gasteiger partial charge in [0.15, 0.2) is 0 Å². The summed E-state index contributed by atoms with van der Waals surface area (Å²) in [5.41, 5.74) is 1.53. The topological polar surface area (TPSA) is 4.41 Å². The second kappa shape index (κ2) is 1.07. The number of aromatic nitrogens is 1. The number of hydrogen-bond acceptors (Lipinski definition) is 1. The molecule has 0 fully saturated rings. The highest BCUT2D eigenvalue weighted by molar-refractivity contribution is 7.18. The van der Waals surface area contributed by atoms with Crippen LogP contribution in [0, 0.1) is 0 Å². The van der Waals surface area contributed by atoms with Crippen molar-refractivity contribution in [1.82, 2.24) is 4.40 Å². The highest BCUT2D eigenvalue weighted by atomic mass is 32.1. The Hall–Kier alpha value is -0.760. The molecule has 0 aliphatic heterocycles. The molecule has 0 radical (unpaired) electrons. The van der Waals surface area contributed by atoms with Gasteiger partial charge in [0.05, 0.1) is 4.83 Å². The van der Waals surface area contributed by atoms with Gasteiger partial charge < -0.3 is 4.40 Å². The van der Waals surface area contributed by atoms with Crippen LogP contribution in [-0.2, 0) is 6.42 Å². The van der Waals surface area contributed by atoms with Crippen LogP contribution in [0.25, 0.3) is 4.83 Å². The molecule has 2 aromatic rings. The van der Waals surface area contributed by atoms with Crippen molar-refractivity contribution in [1.29, 1.82) is 0 Å². The van der Waals surface area contributed by atoms with E-state index in [9.17, 15) is 0 Å². The second-order valence-corrected chi connectivity index (χ2v) is 3.48. The Morgan fingerprint density at radius 1 is 1.56 bits per heavy atom. The third-order valence-corrected chi connectivity index (χ3v) is 2.92. The molecule has 3 rings (SSSR count). The van der Waals surface area contributed by atoms with Crippen LogP contribution in [0.1, 0.15) is 10.6 Å². The van der Waals surface area contributed by atoms with E-state index in [0.29, 0.717) is 0 Å². The molecule has 0 saturated carbocycles. The van der Waals surface area contributed by atoms with Crippen LogP contribution >= 0.6 is 11.3 Å². The molecular formula is C7H5NS. The molecule has 1 aliphatic rings. The summed E-state index contributed by atoms with van der Waals surface area (Å²) in [6.07, 6.45) is 3.38. The van der Waals surface area contributed by atoms with Crippen molar-refractivity contribution in [2.45, 2.75) is 6.42 Å². The monoisotopic (exact) mass is 135 g/mol. The Bertz CT molecular complexity index is 369. The SMILES string of the molecule is c1cc2sc3c(n2c1)C3. The van der Waals surface area contributed by atoms with Crippen LogP contribution in [0.5, 0.6) is 0 Å². The van der Waals surface area contributed by atoms with E-state index in [2.05, 4.69) is 22.7 Å². The van der Waals surface area contributed by atoms with Gasteiger partial charge in [-0.3, -0.25) is 0 Å². The van der Waals surface area contributed by atoms with E-state index >= 15 is 0 Å². The highest BCUT2D eigenvalue weighted by Gasteiger charge is 2.23. The van der Waals surface area contributed by atoms with E-state index in [4.69, 9.17) is 0 Å². The summed E-state index contributed by atoms with van der Waals surface area (Å²) in [7, 11) is 0. The number of rotatable bonds is 0. The Labute approximate surface area is 56.5 Å². The van der Waals surface area contributed by atoms with Gasteiger partial charge in [-0.1, -0.05) is 0 Å². The summed E-state index contributed by atoms with van der Waals surface area (Å²) >= 11 is 1.91. The molecule has 2 heteroatoms. The average molecular weight is 135 g/mol. The largest absolute Gasteiger partial charge is 0.311 e. The van der Waals surface area contributed by atoms with Crippen molar-refractivity contribution in [3.8, 4) is 0 Å². The fraction of sp³-hybridized carbons (Fsp3) is 0.143. The zero-order valence-electron chi connectivity index (χ0n) is 4.79. The Morgan fingerprint density at radius 3 is 3.44 bits per heavy atom. The van der Waals surface area contributed by atoms with Gasteiger partial charge in [-0.2, -0.15) is 0 Å². The van der Waals surface area contributed by atoms with Crippen molar-refractivity contribution >= 4 is 16.2 Å². The Morgan fingerprint density at radius 2 is 2.56 bits per heavy atom. The third-order valence-electron chi connectivity index (χ3n) is 1.75. The van der Waals surface area contributed by atoms with E-state index < -0.39 is 0 Å². The van der Waals surface area contributed by atoms with E-state index in [1.54, 1.807) is 4.88 Å². The first kappa shape index (κ1) is 4.12. The second-order valence-electron chi connectivity index (χ2n) is 2.37. The summed E-state index contributed by atoms with van der Waals surface area (Å²) in [5.74, 6) is 0. The first-order valence-corrected chi connectivity index (χ1v) is 3.84. The average Bonchev–Trinajstić information content (AvgIpc) is 2.38. The van der Waals surface area contributed by atoms with Crippen LogP contribution < -0.4 is 0 Å². The molecule has 0 aromatic carbocycles. The van der Waals surface area contributed by atoms with E-state index in [0.717, 1.165) is 0 Å². The predicted molar refractivity (Wildman–Crippen MR) is 38.1 cm³/mol. The lowest BCUT2D eigenvalue weighted by molar-refractivity contribution is 1.19. The maximum absolute atomic E-state index is 2.28. The quantitative estimate of drug-likeness (QED) is 0.443. The third kappa shape index (κ3) is 0.368. The molecule has 0 amide bonds. The molecule has 0 spiro atoms. The molecule has 9 heavy (non-hydrogen) atoms. The fourth-order valence-electron chi connectivity index (χ4n) is 1.22. The van der Waals surface area contributed by atoms with Crippen molar-refractivity contribution in [2.24, 2.45) is 0 Å². The zero-order valence-corrected chi connectivity index (χ0v) is 5.61. The lowest BCUT2D eigenvalue weighted by atomic mass is 10.7. The van der Waals surface area contributed by atoms with Gasteiger partial charge in [-0.25, -0.2) is 0 Å². The van der Waals surface area contributed by atoms with Crippen LogP contribution in [-0.4, -0.2) is 4.40 Å². The summed E-state index contributed by atoms with van der Waals surface area (Å²) in [6, 6.07) is 4.27. The lowest BCUT2D eigenvalue weighted by Crippen LogP contribution is -1.72. The summed E-state index contributed by atoms with van der Waals surface area (Å²) < 4.78 is 2.28. The van der Waals surface area contributed by atoms with Crippen LogP contribution in [0.4, 0.5) is 0 Å². The predicted octanol–water partition coefficient (Wildman–Crippen LogP) is 1.90. The molecule has 0 bridgehead atoms. The van der Waals surface area contributed by atoms with Crippen molar-refractivity contribution in [2.75, 3.05) is 0 Å². The Kier molecular flexibility index (Phi) is 0.489. The lowest BCUT2D eigenvalue weighted by Gasteiger charge is -1.80. The Balaban J connectivity index is 2.70. The van der Waals surface area contributed by atoms with E-state index in [1.165, 1.54) is 16.9 Å². The van der Waals surface area contributed by atoms with Gasteiger partial charge in [0.25, 0.3) is 0 Å². The summed E-state index contributed by atoms with van der Waals surface area (Å²) in [4.78, 5) is 2.97. The van der Waals surface area contributed by atoms with Crippen molar-refractivity contribution < 1.29 is 0 Å². The van der Waals surface area contributed by atoms with Gasteiger partial charge in [0.1, 0.15) is 0 Å². The molecule has 1 aliphatic carbocycles. The zero-order chi connectivity index (χ0) is 5.84. The molecule has 0 saturated heterocycles. The molecule has 1 nitrogen and oxygen atoms in total. The molecule has 2 heterocycles. The number of thiazole rings is 1. The highest BCUT2D eigenvalue weighted by Crippen LogP contribution is 2.36. The number of hydrogen-bond donors (Lipinski definition) is 0. The minimum Gasteiger partial charge on any atom is -0.311 e. The number of fused-ring (bicyclic) bond motifs is 3. The smallest absolute Gasteiger partial charge is 0.0995 e. The normalized spacial score (nSPS) is 14.2. The fourth-order valence-corrected chi connectivity index (χ4v) is 2.31. The maximum atomic E-state index is 2.28. The van der Waals surface area contributed by atoms with Crippen molar-refractivity contribution in [3.63, 3.8) is 0 Å². The number of nitrogens with zero attached hydrogens (tertiary/aromatic N) is 1. The summed E-state index contributed by atoms with van der Waals surface area (Å²) in [5, 5.41) is 0. The molecule has 0 N–H and O–H groups in total. The maximum Gasteiger partial charge on any atom is 0.0995 e. The van der Waals surface area contributed by atoms with Gasteiger partial charge in [0.2, 0.25) is 0 Å². The van der Waals surface area contributed by atoms with Crippen LogP contribution in [0.15, 0.2) is 18.3 Å². The standard InChI is InChI=1S/C7H5NS/c1-2-7-8(3-1)5-4-6(5)9-7/h1-3H,4H2. The van der Waals surface area contributed by atoms with Gasteiger partial charge in [0, 0.05) is 23.2 Å². The van der Waals surface area contributed by atoms with Gasteiger partial charge in [-0.15, -0.1) is 11.3 Å². The van der Waals surface area contributed by atoms with Gasteiger partial charge in [-0.05, 0) is 12.1 Å². The van der Waals surface area contributed by atoms with E-state index in [1.807, 2.05) is 11.3 Å². The van der Waals surface area contributed by atoms with Crippen molar-refractivity contribution in [3.05, 3.63) is 28.9 Å². The summed E-state index contributed by atoms with van der Waals surface area (Å²) in [6.45, 7) is 0. The first-order chi connectivity index (χ1) is 4.45. The van der Waals surface area contributed by atoms with Gasteiger partial charge >= 0.3 is 0 Å². The first-order valence-electron chi connectivity index (χ1n) is 3.03.